The van der Waals surface area contributed by atoms with Gasteiger partial charge < -0.3 is 9.84 Å². The zero-order valence-electron chi connectivity index (χ0n) is 20.0. The summed E-state index contributed by atoms with van der Waals surface area (Å²) >= 11 is 0. The number of methoxy groups -OCH3 is 1. The molecule has 1 aromatic heterocycles. The summed E-state index contributed by atoms with van der Waals surface area (Å²) in [5, 5.41) is 11.5. The van der Waals surface area contributed by atoms with Gasteiger partial charge in [-0.25, -0.2) is 0 Å². The average molecular weight is 457 g/mol. The number of benzene rings is 2. The number of carbonyl (C=O) groups is 2. The summed E-state index contributed by atoms with van der Waals surface area (Å²) in [4.78, 5) is 32.2. The van der Waals surface area contributed by atoms with E-state index in [1.807, 2.05) is 64.1 Å². The number of Topliss-reactive ketones (excluding diaryl/α,β-unsaturated/α-hetero) is 1. The Kier molecular flexibility index (Phi) is 6.24. The van der Waals surface area contributed by atoms with Crippen LogP contribution in [0.4, 0.5) is 5.69 Å². The lowest BCUT2D eigenvalue weighted by molar-refractivity contribution is -0.132. The Morgan fingerprint density at radius 2 is 1.68 bits per heavy atom. The maximum absolute atomic E-state index is 13.4. The number of rotatable bonds is 5. The first kappa shape index (κ1) is 23.2. The van der Waals surface area contributed by atoms with E-state index < -0.39 is 17.7 Å². The van der Waals surface area contributed by atoms with Crippen LogP contribution in [0.1, 0.15) is 53.6 Å². The quantitative estimate of drug-likeness (QED) is 0.313. The molecule has 0 aliphatic carbocycles. The molecular weight excluding hydrogens is 428 g/mol. The Labute approximate surface area is 199 Å². The second-order valence-corrected chi connectivity index (χ2v) is 8.85. The van der Waals surface area contributed by atoms with Gasteiger partial charge >= 0.3 is 0 Å². The average Bonchev–Trinajstić information content (AvgIpc) is 3.09. The topological polar surface area (TPSA) is 79.7 Å². The van der Waals surface area contributed by atoms with Crippen molar-refractivity contribution in [2.45, 2.75) is 39.7 Å². The van der Waals surface area contributed by atoms with Gasteiger partial charge in [-0.15, -0.1) is 0 Å². The number of hydrogen-bond donors (Lipinski definition) is 1. The number of ether oxygens (including phenoxy) is 1. The molecule has 0 saturated carbocycles. The third-order valence-electron chi connectivity index (χ3n) is 6.23. The third kappa shape index (κ3) is 3.96. The lowest BCUT2D eigenvalue weighted by Gasteiger charge is -2.25. The number of nitrogens with zero attached hydrogens (tertiary/aromatic N) is 2. The fourth-order valence-corrected chi connectivity index (χ4v) is 4.39. The molecule has 174 valence electrons. The molecule has 2 aromatic carbocycles. The van der Waals surface area contributed by atoms with Gasteiger partial charge in [-0.05, 0) is 72.9 Å². The highest BCUT2D eigenvalue weighted by atomic mass is 16.5. The van der Waals surface area contributed by atoms with Crippen molar-refractivity contribution in [2.24, 2.45) is 0 Å². The highest BCUT2D eigenvalue weighted by Gasteiger charge is 2.47. The Balaban J connectivity index is 1.97. The van der Waals surface area contributed by atoms with Gasteiger partial charge in [0, 0.05) is 23.6 Å². The molecule has 1 saturated heterocycles. The Morgan fingerprint density at radius 1 is 1.03 bits per heavy atom. The van der Waals surface area contributed by atoms with Crippen LogP contribution >= 0.6 is 0 Å². The molecule has 1 amide bonds. The molecule has 2 heterocycles. The van der Waals surface area contributed by atoms with Crippen LogP contribution in [-0.2, 0) is 9.59 Å². The number of pyridine rings is 1. The van der Waals surface area contributed by atoms with Crippen LogP contribution in [0, 0.1) is 13.8 Å². The second-order valence-electron chi connectivity index (χ2n) is 8.85. The minimum Gasteiger partial charge on any atom is -0.507 e. The van der Waals surface area contributed by atoms with Crippen molar-refractivity contribution in [1.82, 2.24) is 4.98 Å². The molecule has 1 atom stereocenters. The van der Waals surface area contributed by atoms with Gasteiger partial charge in [0.2, 0.25) is 0 Å². The number of amides is 1. The van der Waals surface area contributed by atoms with Crippen LogP contribution in [0.25, 0.3) is 5.76 Å². The van der Waals surface area contributed by atoms with Crippen molar-refractivity contribution in [2.75, 3.05) is 12.0 Å². The molecule has 1 unspecified atom stereocenters. The third-order valence-corrected chi connectivity index (χ3v) is 6.23. The summed E-state index contributed by atoms with van der Waals surface area (Å²) in [6.45, 7) is 7.87. The zero-order chi connectivity index (χ0) is 24.6. The molecule has 3 aromatic rings. The van der Waals surface area contributed by atoms with Crippen LogP contribution < -0.4 is 9.64 Å². The molecule has 1 aliphatic heterocycles. The lowest BCUT2D eigenvalue weighted by atomic mass is 9.91. The Bertz CT molecular complexity index is 1280. The maximum atomic E-state index is 13.4. The van der Waals surface area contributed by atoms with E-state index in [0.29, 0.717) is 16.8 Å². The standard InChI is InChI=1S/C28H28N2O4/c1-16(2)21-15-22(18(4)14-23(21)34-5)26(31)24-25(19-10-12-29-13-11-19)30(28(33)27(24)32)20-8-6-17(3)7-9-20/h6-16,25,31H,1-5H3/b26-24+. The van der Waals surface area contributed by atoms with E-state index in [-0.39, 0.29) is 17.3 Å². The number of ketones is 1. The summed E-state index contributed by atoms with van der Waals surface area (Å²) in [5.41, 5.74) is 4.52. The van der Waals surface area contributed by atoms with E-state index in [4.69, 9.17) is 4.74 Å². The van der Waals surface area contributed by atoms with E-state index in [1.165, 1.54) is 4.90 Å². The van der Waals surface area contributed by atoms with Gasteiger partial charge in [0.15, 0.2) is 0 Å². The summed E-state index contributed by atoms with van der Waals surface area (Å²) in [6, 6.07) is 13.8. The van der Waals surface area contributed by atoms with Crippen molar-refractivity contribution in [3.8, 4) is 5.75 Å². The van der Waals surface area contributed by atoms with Gasteiger partial charge in [-0.1, -0.05) is 31.5 Å². The van der Waals surface area contributed by atoms with Crippen molar-refractivity contribution in [3.63, 3.8) is 0 Å². The van der Waals surface area contributed by atoms with E-state index in [2.05, 4.69) is 4.98 Å². The highest BCUT2D eigenvalue weighted by Crippen LogP contribution is 2.43. The number of hydrogen-bond acceptors (Lipinski definition) is 5. The fraction of sp³-hybridized carbons (Fsp3) is 0.250. The van der Waals surface area contributed by atoms with Crippen molar-refractivity contribution >= 4 is 23.1 Å². The predicted molar refractivity (Wildman–Crippen MR) is 132 cm³/mol. The highest BCUT2D eigenvalue weighted by molar-refractivity contribution is 6.51. The first-order valence-electron chi connectivity index (χ1n) is 11.2. The van der Waals surface area contributed by atoms with Gasteiger partial charge in [-0.3, -0.25) is 19.5 Å². The molecule has 4 rings (SSSR count). The van der Waals surface area contributed by atoms with Crippen LogP contribution in [0.15, 0.2) is 66.5 Å². The predicted octanol–water partition coefficient (Wildman–Crippen LogP) is 5.46. The molecule has 1 fully saturated rings. The molecule has 6 heteroatoms. The zero-order valence-corrected chi connectivity index (χ0v) is 20.0. The monoisotopic (exact) mass is 456 g/mol. The molecule has 1 aliphatic rings. The molecule has 34 heavy (non-hydrogen) atoms. The lowest BCUT2D eigenvalue weighted by Crippen LogP contribution is -2.29. The summed E-state index contributed by atoms with van der Waals surface area (Å²) < 4.78 is 5.53. The van der Waals surface area contributed by atoms with E-state index in [9.17, 15) is 14.7 Å². The van der Waals surface area contributed by atoms with E-state index >= 15 is 0 Å². The van der Waals surface area contributed by atoms with Crippen LogP contribution in [0.3, 0.4) is 0 Å². The van der Waals surface area contributed by atoms with E-state index in [0.717, 1.165) is 22.4 Å². The van der Waals surface area contributed by atoms with Crippen LogP contribution in [0.2, 0.25) is 0 Å². The molecule has 0 spiro atoms. The largest absolute Gasteiger partial charge is 0.507 e. The molecule has 0 radical (unpaired) electrons. The first-order chi connectivity index (χ1) is 16.2. The number of aliphatic hydroxyl groups is 1. The first-order valence-corrected chi connectivity index (χ1v) is 11.2. The van der Waals surface area contributed by atoms with Crippen LogP contribution in [0.5, 0.6) is 5.75 Å². The number of aromatic nitrogens is 1. The second kappa shape index (κ2) is 9.14. The summed E-state index contributed by atoms with van der Waals surface area (Å²) in [5.74, 6) is -0.747. The Hall–Kier alpha value is -3.93. The van der Waals surface area contributed by atoms with Crippen molar-refractivity contribution < 1.29 is 19.4 Å². The van der Waals surface area contributed by atoms with Crippen LogP contribution in [-0.4, -0.2) is 28.9 Å². The van der Waals surface area contributed by atoms with Gasteiger partial charge in [0.1, 0.15) is 11.5 Å². The fourth-order valence-electron chi connectivity index (χ4n) is 4.39. The SMILES string of the molecule is COc1cc(C)c(/C(O)=C2\C(=O)C(=O)N(c3ccc(C)cc3)C2c2ccncc2)cc1C(C)C. The molecule has 6 nitrogen and oxygen atoms in total. The normalized spacial score (nSPS) is 17.5. The molecule has 1 N–H and O–H groups in total. The Morgan fingerprint density at radius 3 is 2.26 bits per heavy atom. The van der Waals surface area contributed by atoms with Crippen molar-refractivity contribution in [1.29, 1.82) is 0 Å². The number of aryl methyl sites for hydroxylation is 2. The molecule has 0 bridgehead atoms. The number of aliphatic hydroxyl groups excluding tert-OH is 1. The summed E-state index contributed by atoms with van der Waals surface area (Å²) in [7, 11) is 1.61. The smallest absolute Gasteiger partial charge is 0.300 e. The van der Waals surface area contributed by atoms with Crippen molar-refractivity contribution in [3.05, 3.63) is 94.3 Å². The minimum atomic E-state index is -0.783. The minimum absolute atomic E-state index is 0.0553. The van der Waals surface area contributed by atoms with Gasteiger partial charge in [0.05, 0.1) is 18.7 Å². The van der Waals surface area contributed by atoms with Gasteiger partial charge in [-0.2, -0.15) is 0 Å². The van der Waals surface area contributed by atoms with E-state index in [1.54, 1.807) is 31.6 Å². The van der Waals surface area contributed by atoms with Gasteiger partial charge in [0.25, 0.3) is 11.7 Å². The maximum Gasteiger partial charge on any atom is 0.300 e. The molecular formula is C28H28N2O4. The number of carbonyl (C=O) groups excluding carboxylic acids is 2. The number of anilines is 1. The summed E-state index contributed by atoms with van der Waals surface area (Å²) in [6.07, 6.45) is 3.22.